The summed E-state index contributed by atoms with van der Waals surface area (Å²) in [6.45, 7) is 0. The maximum absolute atomic E-state index is 10.0. The predicted octanol–water partition coefficient (Wildman–Crippen LogP) is -0.147. The molecule has 0 aromatic carbocycles. The molecule has 0 amide bonds. The van der Waals surface area contributed by atoms with E-state index in [1.54, 1.807) is 0 Å². The monoisotopic (exact) mass is 174 g/mol. The van der Waals surface area contributed by atoms with Crippen LogP contribution in [0.3, 0.4) is 0 Å². The first-order valence-corrected chi connectivity index (χ1v) is 3.31. The third kappa shape index (κ3) is 5.43. The van der Waals surface area contributed by atoms with Gasteiger partial charge in [-0.3, -0.25) is 4.79 Å². The molecule has 0 aliphatic rings. The molecule has 0 rings (SSSR count). The van der Waals surface area contributed by atoms with Gasteiger partial charge in [0.25, 0.3) is 0 Å². The zero-order valence-electron chi connectivity index (χ0n) is 6.30. The summed E-state index contributed by atoms with van der Waals surface area (Å²) in [5, 5.41) is 25.0. The van der Waals surface area contributed by atoms with Gasteiger partial charge in [0.2, 0.25) is 0 Å². The number of hydrogen-bond acceptors (Lipinski definition) is 3. The van der Waals surface area contributed by atoms with Crippen molar-refractivity contribution in [2.75, 3.05) is 0 Å². The molecule has 68 valence electrons. The lowest BCUT2D eigenvalue weighted by molar-refractivity contribution is -0.146. The van der Waals surface area contributed by atoms with Crippen LogP contribution in [0.4, 0.5) is 0 Å². The molecule has 0 bridgehead atoms. The standard InChI is InChI=1S/C7H10O5/c8-5(7(11)12)3-1-2-4-6(9)10/h1-2,5,8H,3-4H2,(H,9,10)(H,11,12)/b2-1+. The van der Waals surface area contributed by atoms with Gasteiger partial charge < -0.3 is 15.3 Å². The van der Waals surface area contributed by atoms with Gasteiger partial charge in [-0.05, 0) is 0 Å². The Labute approximate surface area is 68.9 Å². The van der Waals surface area contributed by atoms with Crippen molar-refractivity contribution in [3.63, 3.8) is 0 Å². The van der Waals surface area contributed by atoms with E-state index in [0.29, 0.717) is 0 Å². The number of aliphatic hydroxyl groups excluding tert-OH is 1. The van der Waals surface area contributed by atoms with Gasteiger partial charge in [-0.25, -0.2) is 4.79 Å². The SMILES string of the molecule is O=C(O)C/C=C/CC(O)C(=O)O. The average Bonchev–Trinajstić information content (AvgIpc) is 1.97. The van der Waals surface area contributed by atoms with Crippen LogP contribution in [0.25, 0.3) is 0 Å². The molecular weight excluding hydrogens is 164 g/mol. The summed E-state index contributed by atoms with van der Waals surface area (Å²) < 4.78 is 0. The van der Waals surface area contributed by atoms with Crippen molar-refractivity contribution in [2.45, 2.75) is 18.9 Å². The van der Waals surface area contributed by atoms with Crippen molar-refractivity contribution < 1.29 is 24.9 Å². The summed E-state index contributed by atoms with van der Waals surface area (Å²) in [6, 6.07) is 0. The fraction of sp³-hybridized carbons (Fsp3) is 0.429. The Morgan fingerprint density at radius 1 is 1.25 bits per heavy atom. The van der Waals surface area contributed by atoms with Crippen molar-refractivity contribution in [2.24, 2.45) is 0 Å². The van der Waals surface area contributed by atoms with Crippen LogP contribution in [0.2, 0.25) is 0 Å². The molecule has 0 radical (unpaired) electrons. The van der Waals surface area contributed by atoms with Gasteiger partial charge >= 0.3 is 11.9 Å². The topological polar surface area (TPSA) is 94.8 Å². The van der Waals surface area contributed by atoms with E-state index in [9.17, 15) is 9.59 Å². The number of aliphatic hydroxyl groups is 1. The second-order valence-electron chi connectivity index (χ2n) is 2.16. The lowest BCUT2D eigenvalue weighted by Crippen LogP contribution is -2.17. The molecule has 5 nitrogen and oxygen atoms in total. The molecule has 0 saturated heterocycles. The summed E-state index contributed by atoms with van der Waals surface area (Å²) in [7, 11) is 0. The van der Waals surface area contributed by atoms with Crippen molar-refractivity contribution in [3.05, 3.63) is 12.2 Å². The van der Waals surface area contributed by atoms with Gasteiger partial charge in [0.05, 0.1) is 6.42 Å². The molecule has 0 fully saturated rings. The number of hydrogen-bond donors (Lipinski definition) is 3. The second-order valence-corrected chi connectivity index (χ2v) is 2.16. The van der Waals surface area contributed by atoms with E-state index in [0.717, 1.165) is 0 Å². The summed E-state index contributed by atoms with van der Waals surface area (Å²) in [5.41, 5.74) is 0. The molecule has 12 heavy (non-hydrogen) atoms. The van der Waals surface area contributed by atoms with E-state index < -0.39 is 18.0 Å². The van der Waals surface area contributed by atoms with Crippen molar-refractivity contribution in [1.29, 1.82) is 0 Å². The Hall–Kier alpha value is -1.36. The van der Waals surface area contributed by atoms with Crippen LogP contribution in [-0.2, 0) is 9.59 Å². The fourth-order valence-electron chi connectivity index (χ4n) is 0.510. The average molecular weight is 174 g/mol. The van der Waals surface area contributed by atoms with Crippen LogP contribution in [0.5, 0.6) is 0 Å². The van der Waals surface area contributed by atoms with Crippen LogP contribution in [0, 0.1) is 0 Å². The number of carbonyl (C=O) groups is 2. The number of aliphatic carboxylic acids is 2. The molecule has 0 spiro atoms. The third-order valence-corrected chi connectivity index (χ3v) is 1.10. The summed E-state index contributed by atoms with van der Waals surface area (Å²) in [5.74, 6) is -2.30. The quantitative estimate of drug-likeness (QED) is 0.504. The highest BCUT2D eigenvalue weighted by Crippen LogP contribution is 1.94. The molecule has 0 aliphatic heterocycles. The van der Waals surface area contributed by atoms with Gasteiger partial charge in [-0.2, -0.15) is 0 Å². The first-order chi connectivity index (χ1) is 5.54. The van der Waals surface area contributed by atoms with Crippen LogP contribution >= 0.6 is 0 Å². The zero-order valence-corrected chi connectivity index (χ0v) is 6.30. The van der Waals surface area contributed by atoms with Gasteiger partial charge in [0.1, 0.15) is 0 Å². The Morgan fingerprint density at radius 2 is 1.83 bits per heavy atom. The van der Waals surface area contributed by atoms with Crippen LogP contribution < -0.4 is 0 Å². The molecule has 0 saturated carbocycles. The van der Waals surface area contributed by atoms with Gasteiger partial charge in [-0.1, -0.05) is 12.2 Å². The Bertz CT molecular complexity index is 196. The van der Waals surface area contributed by atoms with Gasteiger partial charge in [-0.15, -0.1) is 0 Å². The number of carboxylic acids is 2. The fourth-order valence-corrected chi connectivity index (χ4v) is 0.510. The Balaban J connectivity index is 3.60. The van der Waals surface area contributed by atoms with Crippen LogP contribution in [0.15, 0.2) is 12.2 Å². The highest BCUT2D eigenvalue weighted by molar-refractivity contribution is 5.72. The zero-order chi connectivity index (χ0) is 9.56. The number of carboxylic acid groups (broad SMARTS) is 2. The van der Waals surface area contributed by atoms with E-state index in [1.807, 2.05) is 0 Å². The predicted molar refractivity (Wildman–Crippen MR) is 39.7 cm³/mol. The smallest absolute Gasteiger partial charge is 0.332 e. The normalized spacial score (nSPS) is 13.1. The summed E-state index contributed by atoms with van der Waals surface area (Å²) in [4.78, 5) is 20.0. The van der Waals surface area contributed by atoms with E-state index in [4.69, 9.17) is 15.3 Å². The van der Waals surface area contributed by atoms with Crippen LogP contribution in [-0.4, -0.2) is 33.4 Å². The van der Waals surface area contributed by atoms with Gasteiger partial charge in [0.15, 0.2) is 6.10 Å². The Kier molecular flexibility index (Phi) is 4.71. The van der Waals surface area contributed by atoms with Crippen LogP contribution in [0.1, 0.15) is 12.8 Å². The molecule has 0 aromatic rings. The van der Waals surface area contributed by atoms with E-state index in [-0.39, 0.29) is 12.8 Å². The molecule has 0 aliphatic carbocycles. The molecule has 1 atom stereocenters. The number of rotatable bonds is 5. The largest absolute Gasteiger partial charge is 0.481 e. The van der Waals surface area contributed by atoms with Crippen molar-refractivity contribution in [1.82, 2.24) is 0 Å². The van der Waals surface area contributed by atoms with Crippen molar-refractivity contribution in [3.8, 4) is 0 Å². The summed E-state index contributed by atoms with van der Waals surface area (Å²) >= 11 is 0. The highest BCUT2D eigenvalue weighted by Gasteiger charge is 2.09. The maximum atomic E-state index is 10.0. The van der Waals surface area contributed by atoms with E-state index in [1.165, 1.54) is 12.2 Å². The third-order valence-electron chi connectivity index (χ3n) is 1.10. The molecule has 5 heteroatoms. The van der Waals surface area contributed by atoms with E-state index in [2.05, 4.69) is 0 Å². The minimum absolute atomic E-state index is 0.0669. The Morgan fingerprint density at radius 3 is 2.25 bits per heavy atom. The van der Waals surface area contributed by atoms with Crippen molar-refractivity contribution >= 4 is 11.9 Å². The lowest BCUT2D eigenvalue weighted by atomic mass is 10.2. The van der Waals surface area contributed by atoms with Gasteiger partial charge in [0, 0.05) is 6.42 Å². The molecule has 0 aromatic heterocycles. The molecular formula is C7H10O5. The minimum atomic E-state index is -1.45. The highest BCUT2D eigenvalue weighted by atomic mass is 16.4. The first-order valence-electron chi connectivity index (χ1n) is 3.31. The summed E-state index contributed by atoms with van der Waals surface area (Å²) in [6.07, 6.45) is 0.950. The maximum Gasteiger partial charge on any atom is 0.332 e. The molecule has 3 N–H and O–H groups in total. The minimum Gasteiger partial charge on any atom is -0.481 e. The van der Waals surface area contributed by atoms with E-state index >= 15 is 0 Å². The second kappa shape index (κ2) is 5.31. The molecule has 0 heterocycles. The molecule has 1 unspecified atom stereocenters. The first kappa shape index (κ1) is 10.6. The lowest BCUT2D eigenvalue weighted by Gasteiger charge is -1.98.